The molecule has 0 spiro atoms. The first-order valence-electron chi connectivity index (χ1n) is 9.65. The van der Waals surface area contributed by atoms with Crippen LogP contribution in [0.4, 0.5) is 5.69 Å². The third-order valence-electron chi connectivity index (χ3n) is 4.77. The second kappa shape index (κ2) is 10.1. The van der Waals surface area contributed by atoms with Crippen LogP contribution in [0.1, 0.15) is 17.0 Å². The topological polar surface area (TPSA) is 93.9 Å². The summed E-state index contributed by atoms with van der Waals surface area (Å²) >= 11 is 3.49. The van der Waals surface area contributed by atoms with Crippen molar-refractivity contribution in [3.05, 3.63) is 70.0 Å². The molecule has 1 aromatic heterocycles. The maximum atomic E-state index is 12.3. The maximum Gasteiger partial charge on any atom is 0.329 e. The van der Waals surface area contributed by atoms with Gasteiger partial charge in [0.2, 0.25) is 0 Å². The number of aromatic nitrogens is 1. The van der Waals surface area contributed by atoms with Gasteiger partial charge in [-0.05, 0) is 50.2 Å². The lowest BCUT2D eigenvalue weighted by Gasteiger charge is -2.11. The highest BCUT2D eigenvalue weighted by Crippen LogP contribution is 2.28. The Bertz CT molecular complexity index is 1190. The number of hydrogen-bond donors (Lipinski definition) is 2. The summed E-state index contributed by atoms with van der Waals surface area (Å²) in [5.74, 6) is -0.879. The lowest BCUT2D eigenvalue weighted by molar-refractivity contribution is -0.136. The molecule has 0 bridgehead atoms. The number of benzene rings is 2. The summed E-state index contributed by atoms with van der Waals surface area (Å²) < 4.78 is 13.4. The molecule has 2 aromatic carbocycles. The largest absolute Gasteiger partial charge is 0.497 e. The number of ether oxygens (including phenoxy) is 2. The molecule has 32 heavy (non-hydrogen) atoms. The average Bonchev–Trinajstić information content (AvgIpc) is 3.06. The second-order valence-electron chi connectivity index (χ2n) is 6.86. The van der Waals surface area contributed by atoms with Crippen LogP contribution in [-0.2, 0) is 9.59 Å². The Hall–Kier alpha value is -3.59. The Morgan fingerprint density at radius 2 is 1.81 bits per heavy atom. The molecule has 9 heteroatoms. The van der Waals surface area contributed by atoms with E-state index in [0.717, 1.165) is 27.1 Å². The normalized spacial score (nSPS) is 10.8. The molecule has 2 amide bonds. The number of halogens is 1. The number of anilines is 1. The Kier molecular flexibility index (Phi) is 7.32. The highest BCUT2D eigenvalue weighted by Gasteiger charge is 2.16. The summed E-state index contributed by atoms with van der Waals surface area (Å²) in [4.78, 5) is 24.5. The van der Waals surface area contributed by atoms with Gasteiger partial charge in [0.15, 0.2) is 0 Å². The van der Waals surface area contributed by atoms with Gasteiger partial charge in [0.1, 0.15) is 11.5 Å². The number of aryl methyl sites for hydroxylation is 1. The van der Waals surface area contributed by atoms with Crippen molar-refractivity contribution in [3.63, 3.8) is 0 Å². The molecule has 0 radical (unpaired) electrons. The molecular formula is C23H23BrN4O4. The van der Waals surface area contributed by atoms with Crippen molar-refractivity contribution >= 4 is 39.6 Å². The standard InChI is InChI=1S/C23H23BrN4O4/c1-14-10-16(15(2)28(14)18-7-5-6-17(24)11-18)13-25-27-23(30)22(29)26-20-12-19(31-3)8-9-21(20)32-4/h5-13H,1-4H3,(H,26,29)(H,27,30)/b25-13-. The van der Waals surface area contributed by atoms with Crippen LogP contribution in [0.2, 0.25) is 0 Å². The van der Waals surface area contributed by atoms with E-state index in [1.165, 1.54) is 20.4 Å². The van der Waals surface area contributed by atoms with E-state index in [4.69, 9.17) is 9.47 Å². The number of carbonyl (C=O) groups excluding carboxylic acids is 2. The zero-order valence-corrected chi connectivity index (χ0v) is 19.7. The fourth-order valence-electron chi connectivity index (χ4n) is 3.23. The molecule has 2 N–H and O–H groups in total. The van der Waals surface area contributed by atoms with Crippen LogP contribution in [0.5, 0.6) is 11.5 Å². The van der Waals surface area contributed by atoms with Gasteiger partial charge in [-0.1, -0.05) is 22.0 Å². The summed E-state index contributed by atoms with van der Waals surface area (Å²) in [6.45, 7) is 3.94. The van der Waals surface area contributed by atoms with E-state index in [1.807, 2.05) is 44.2 Å². The van der Waals surface area contributed by atoms with Crippen LogP contribution in [0.15, 0.2) is 58.1 Å². The Morgan fingerprint density at radius 3 is 2.50 bits per heavy atom. The quantitative estimate of drug-likeness (QED) is 0.305. The molecule has 8 nitrogen and oxygen atoms in total. The SMILES string of the molecule is COc1ccc(OC)c(NC(=O)C(=O)N/N=C\c2cc(C)n(-c3cccc(Br)c3)c2C)c1. The molecule has 0 atom stereocenters. The summed E-state index contributed by atoms with van der Waals surface area (Å²) in [6, 6.07) is 14.8. The predicted molar refractivity (Wildman–Crippen MR) is 127 cm³/mol. The van der Waals surface area contributed by atoms with Crippen molar-refractivity contribution in [2.75, 3.05) is 19.5 Å². The smallest absolute Gasteiger partial charge is 0.329 e. The van der Waals surface area contributed by atoms with Crippen LogP contribution in [-0.4, -0.2) is 36.8 Å². The highest BCUT2D eigenvalue weighted by atomic mass is 79.9. The summed E-state index contributed by atoms with van der Waals surface area (Å²) in [5.41, 5.74) is 6.35. The van der Waals surface area contributed by atoms with Crippen molar-refractivity contribution in [2.45, 2.75) is 13.8 Å². The van der Waals surface area contributed by atoms with E-state index in [1.54, 1.807) is 18.2 Å². The number of rotatable bonds is 6. The molecule has 0 saturated carbocycles. The summed E-state index contributed by atoms with van der Waals surface area (Å²) in [7, 11) is 2.97. The predicted octanol–water partition coefficient (Wildman–Crippen LogP) is 3.96. The first-order chi connectivity index (χ1) is 15.3. The van der Waals surface area contributed by atoms with Gasteiger partial charge in [0, 0.05) is 33.2 Å². The van der Waals surface area contributed by atoms with Crippen molar-refractivity contribution in [3.8, 4) is 17.2 Å². The third-order valence-corrected chi connectivity index (χ3v) is 5.26. The van der Waals surface area contributed by atoms with E-state index in [-0.39, 0.29) is 0 Å². The van der Waals surface area contributed by atoms with Crippen LogP contribution >= 0.6 is 15.9 Å². The lowest BCUT2D eigenvalue weighted by atomic mass is 10.2. The number of carbonyl (C=O) groups is 2. The minimum absolute atomic E-state index is 0.313. The van der Waals surface area contributed by atoms with Crippen LogP contribution < -0.4 is 20.2 Å². The van der Waals surface area contributed by atoms with Crippen molar-refractivity contribution in [2.24, 2.45) is 5.10 Å². The van der Waals surface area contributed by atoms with E-state index in [9.17, 15) is 9.59 Å². The molecule has 0 unspecified atom stereocenters. The first-order valence-corrected chi connectivity index (χ1v) is 10.4. The van der Waals surface area contributed by atoms with Gasteiger partial charge in [0.05, 0.1) is 26.1 Å². The third kappa shape index (κ3) is 5.17. The van der Waals surface area contributed by atoms with Crippen LogP contribution in [0.25, 0.3) is 5.69 Å². The molecule has 0 aliphatic heterocycles. The number of hydrazone groups is 1. The molecule has 3 aromatic rings. The zero-order chi connectivity index (χ0) is 23.3. The van der Waals surface area contributed by atoms with E-state index >= 15 is 0 Å². The fraction of sp³-hybridized carbons (Fsp3) is 0.174. The lowest BCUT2D eigenvalue weighted by Crippen LogP contribution is -2.32. The molecule has 1 heterocycles. The molecular weight excluding hydrogens is 476 g/mol. The molecule has 0 aliphatic rings. The van der Waals surface area contributed by atoms with E-state index < -0.39 is 11.8 Å². The number of nitrogens with zero attached hydrogens (tertiary/aromatic N) is 2. The number of methoxy groups -OCH3 is 2. The van der Waals surface area contributed by atoms with Gasteiger partial charge in [-0.3, -0.25) is 9.59 Å². The van der Waals surface area contributed by atoms with E-state index in [0.29, 0.717) is 17.2 Å². The molecule has 166 valence electrons. The van der Waals surface area contributed by atoms with Crippen LogP contribution in [0, 0.1) is 13.8 Å². The number of hydrogen-bond acceptors (Lipinski definition) is 5. The van der Waals surface area contributed by atoms with Gasteiger partial charge in [-0.2, -0.15) is 5.10 Å². The molecule has 0 saturated heterocycles. The fourth-order valence-corrected chi connectivity index (χ4v) is 3.62. The van der Waals surface area contributed by atoms with Gasteiger partial charge in [-0.15, -0.1) is 0 Å². The minimum Gasteiger partial charge on any atom is -0.497 e. The monoisotopic (exact) mass is 498 g/mol. The Balaban J connectivity index is 1.70. The van der Waals surface area contributed by atoms with Gasteiger partial charge < -0.3 is 19.4 Å². The zero-order valence-electron chi connectivity index (χ0n) is 18.1. The van der Waals surface area contributed by atoms with Crippen molar-refractivity contribution in [1.29, 1.82) is 0 Å². The van der Waals surface area contributed by atoms with Crippen LogP contribution in [0.3, 0.4) is 0 Å². The minimum atomic E-state index is -0.910. The Labute approximate surface area is 194 Å². The number of amides is 2. The Morgan fingerprint density at radius 1 is 1.03 bits per heavy atom. The molecule has 0 fully saturated rings. The second-order valence-corrected chi connectivity index (χ2v) is 7.78. The molecule has 0 aliphatic carbocycles. The van der Waals surface area contributed by atoms with Crippen molar-refractivity contribution < 1.29 is 19.1 Å². The summed E-state index contributed by atoms with van der Waals surface area (Å²) in [5, 5.41) is 6.44. The number of nitrogens with one attached hydrogen (secondary N) is 2. The van der Waals surface area contributed by atoms with Gasteiger partial charge in [0.25, 0.3) is 0 Å². The maximum absolute atomic E-state index is 12.3. The summed E-state index contributed by atoms with van der Waals surface area (Å²) in [6.07, 6.45) is 1.51. The van der Waals surface area contributed by atoms with Crippen molar-refractivity contribution in [1.82, 2.24) is 9.99 Å². The van der Waals surface area contributed by atoms with E-state index in [2.05, 4.69) is 36.3 Å². The van der Waals surface area contributed by atoms with Gasteiger partial charge in [-0.25, -0.2) is 5.43 Å². The van der Waals surface area contributed by atoms with Gasteiger partial charge >= 0.3 is 11.8 Å². The first kappa shape index (κ1) is 23.1. The highest BCUT2D eigenvalue weighted by molar-refractivity contribution is 9.10. The molecule has 3 rings (SSSR count). The average molecular weight is 499 g/mol.